The molecule has 0 bridgehead atoms. The maximum Gasteiger partial charge on any atom is 0.0592 e. The first-order valence-electron chi connectivity index (χ1n) is 5.58. The van der Waals surface area contributed by atoms with Gasteiger partial charge in [0.2, 0.25) is 0 Å². The maximum absolute atomic E-state index is 4.12. The van der Waals surface area contributed by atoms with Crippen LogP contribution >= 0.6 is 15.9 Å². The average Bonchev–Trinajstić information content (AvgIpc) is 2.20. The first-order chi connectivity index (χ1) is 7.20. The third kappa shape index (κ3) is 2.17. The highest BCUT2D eigenvalue weighted by molar-refractivity contribution is 9.10. The zero-order chi connectivity index (χ0) is 10.8. The predicted octanol–water partition coefficient (Wildman–Crippen LogP) is 3.61. The zero-order valence-corrected chi connectivity index (χ0v) is 10.9. The molecule has 1 saturated heterocycles. The lowest BCUT2D eigenvalue weighted by Crippen LogP contribution is -2.44. The molecule has 2 nitrogen and oxygen atoms in total. The fraction of sp³-hybridized carbons (Fsp3) is 0.583. The summed E-state index contributed by atoms with van der Waals surface area (Å²) in [5, 5.41) is 0. The minimum atomic E-state index is 0.632. The second-order valence-corrected chi connectivity index (χ2v) is 5.22. The molecule has 1 aliphatic rings. The van der Waals surface area contributed by atoms with Gasteiger partial charge in [0, 0.05) is 24.5 Å². The third-order valence-corrected chi connectivity index (χ3v) is 3.83. The molecule has 3 heteroatoms. The van der Waals surface area contributed by atoms with Gasteiger partial charge in [-0.05, 0) is 55.1 Å². The van der Waals surface area contributed by atoms with Crippen molar-refractivity contribution in [1.29, 1.82) is 0 Å². The van der Waals surface area contributed by atoms with E-state index in [9.17, 15) is 0 Å². The topological polar surface area (TPSA) is 16.1 Å². The molecule has 2 atom stereocenters. The minimum absolute atomic E-state index is 0.632. The summed E-state index contributed by atoms with van der Waals surface area (Å²) in [7, 11) is 0. The Balaban J connectivity index is 2.31. The fourth-order valence-electron chi connectivity index (χ4n) is 2.47. The van der Waals surface area contributed by atoms with Gasteiger partial charge < -0.3 is 4.90 Å². The van der Waals surface area contributed by atoms with Crippen LogP contribution in [0.4, 0.5) is 5.69 Å². The van der Waals surface area contributed by atoms with Crippen molar-refractivity contribution in [3.8, 4) is 0 Å². The first-order valence-corrected chi connectivity index (χ1v) is 6.37. The second kappa shape index (κ2) is 4.52. The monoisotopic (exact) mass is 268 g/mol. The fourth-order valence-corrected chi connectivity index (χ4v) is 2.93. The summed E-state index contributed by atoms with van der Waals surface area (Å²) >= 11 is 3.58. The molecule has 1 aromatic heterocycles. The first kappa shape index (κ1) is 10.9. The van der Waals surface area contributed by atoms with Gasteiger partial charge in [-0.2, -0.15) is 0 Å². The lowest BCUT2D eigenvalue weighted by molar-refractivity contribution is 0.414. The van der Waals surface area contributed by atoms with Gasteiger partial charge in [0.1, 0.15) is 0 Å². The highest BCUT2D eigenvalue weighted by Gasteiger charge is 2.25. The Morgan fingerprint density at radius 1 is 1.33 bits per heavy atom. The Hall–Kier alpha value is -0.570. The second-order valence-electron chi connectivity index (χ2n) is 4.36. The van der Waals surface area contributed by atoms with Gasteiger partial charge >= 0.3 is 0 Å². The van der Waals surface area contributed by atoms with Crippen LogP contribution in [-0.2, 0) is 0 Å². The van der Waals surface area contributed by atoms with E-state index in [1.165, 1.54) is 24.9 Å². The Morgan fingerprint density at radius 2 is 2.00 bits per heavy atom. The number of anilines is 1. The van der Waals surface area contributed by atoms with E-state index in [2.05, 4.69) is 45.7 Å². The van der Waals surface area contributed by atoms with Crippen LogP contribution in [0.3, 0.4) is 0 Å². The van der Waals surface area contributed by atoms with E-state index in [1.54, 1.807) is 0 Å². The Kier molecular flexibility index (Phi) is 3.29. The smallest absolute Gasteiger partial charge is 0.0592 e. The van der Waals surface area contributed by atoms with Gasteiger partial charge in [-0.3, -0.25) is 4.98 Å². The number of piperidine rings is 1. The lowest BCUT2D eigenvalue weighted by atomic mass is 9.97. The van der Waals surface area contributed by atoms with Crippen molar-refractivity contribution in [2.45, 2.75) is 45.2 Å². The van der Waals surface area contributed by atoms with Crippen LogP contribution in [0.25, 0.3) is 0 Å². The van der Waals surface area contributed by atoms with Crippen molar-refractivity contribution in [3.63, 3.8) is 0 Å². The van der Waals surface area contributed by atoms with Gasteiger partial charge in [0.05, 0.1) is 10.2 Å². The lowest BCUT2D eigenvalue weighted by Gasteiger charge is -2.41. The Labute approximate surface area is 99.8 Å². The van der Waals surface area contributed by atoms with E-state index in [0.717, 1.165) is 4.47 Å². The largest absolute Gasteiger partial charge is 0.365 e. The Morgan fingerprint density at radius 3 is 2.60 bits per heavy atom. The molecule has 1 fully saturated rings. The van der Waals surface area contributed by atoms with Crippen LogP contribution in [-0.4, -0.2) is 17.1 Å². The van der Waals surface area contributed by atoms with Crippen LogP contribution in [0.5, 0.6) is 0 Å². The molecule has 0 aliphatic carbocycles. The maximum atomic E-state index is 4.12. The molecule has 0 spiro atoms. The average molecular weight is 269 g/mol. The molecule has 0 N–H and O–H groups in total. The number of hydrogen-bond donors (Lipinski definition) is 0. The predicted molar refractivity (Wildman–Crippen MR) is 67.2 cm³/mol. The van der Waals surface area contributed by atoms with Gasteiger partial charge in [0.25, 0.3) is 0 Å². The molecule has 0 saturated carbocycles. The van der Waals surface area contributed by atoms with Crippen molar-refractivity contribution in [2.75, 3.05) is 4.90 Å². The molecule has 1 aliphatic heterocycles. The molecule has 1 aromatic rings. The number of hydrogen-bond acceptors (Lipinski definition) is 2. The van der Waals surface area contributed by atoms with Crippen LogP contribution in [0, 0.1) is 0 Å². The summed E-state index contributed by atoms with van der Waals surface area (Å²) in [5.74, 6) is 0. The van der Waals surface area contributed by atoms with E-state index < -0.39 is 0 Å². The molecule has 0 radical (unpaired) electrons. The van der Waals surface area contributed by atoms with E-state index in [4.69, 9.17) is 0 Å². The van der Waals surface area contributed by atoms with E-state index in [-0.39, 0.29) is 0 Å². The van der Waals surface area contributed by atoms with Crippen molar-refractivity contribution >= 4 is 21.6 Å². The van der Waals surface area contributed by atoms with Crippen LogP contribution in [0.1, 0.15) is 33.1 Å². The van der Waals surface area contributed by atoms with E-state index in [1.807, 2.05) is 12.4 Å². The molecular formula is C12H17BrN2. The number of pyridine rings is 1. The van der Waals surface area contributed by atoms with Gasteiger partial charge in [-0.25, -0.2) is 0 Å². The van der Waals surface area contributed by atoms with Crippen LogP contribution < -0.4 is 4.90 Å². The standard InChI is InChI=1S/C12H17BrN2/c1-9-4-3-5-10(2)15(9)12-6-7-14-8-11(12)13/h6-10H,3-5H2,1-2H3/t9-,10+. The molecule has 82 valence electrons. The molecule has 0 amide bonds. The van der Waals surface area contributed by atoms with Crippen molar-refractivity contribution < 1.29 is 0 Å². The third-order valence-electron chi connectivity index (χ3n) is 3.22. The molecule has 15 heavy (non-hydrogen) atoms. The molecular weight excluding hydrogens is 252 g/mol. The highest BCUT2D eigenvalue weighted by Crippen LogP contribution is 2.33. The van der Waals surface area contributed by atoms with E-state index >= 15 is 0 Å². The van der Waals surface area contributed by atoms with Crippen LogP contribution in [0.15, 0.2) is 22.9 Å². The molecule has 0 unspecified atom stereocenters. The number of halogens is 1. The SMILES string of the molecule is C[C@@H]1CCC[C@H](C)N1c1ccncc1Br. The quantitative estimate of drug-likeness (QED) is 0.774. The minimum Gasteiger partial charge on any atom is -0.365 e. The number of nitrogens with zero attached hydrogens (tertiary/aromatic N) is 2. The zero-order valence-electron chi connectivity index (χ0n) is 9.28. The van der Waals surface area contributed by atoms with Gasteiger partial charge in [-0.15, -0.1) is 0 Å². The van der Waals surface area contributed by atoms with Crippen molar-refractivity contribution in [2.24, 2.45) is 0 Å². The number of aromatic nitrogens is 1. The summed E-state index contributed by atoms with van der Waals surface area (Å²) in [6.45, 7) is 4.62. The van der Waals surface area contributed by atoms with Crippen molar-refractivity contribution in [3.05, 3.63) is 22.9 Å². The Bertz CT molecular complexity index is 330. The normalized spacial score (nSPS) is 26.7. The van der Waals surface area contributed by atoms with E-state index in [0.29, 0.717) is 12.1 Å². The summed E-state index contributed by atoms with van der Waals surface area (Å²) in [5.41, 5.74) is 1.28. The molecule has 0 aromatic carbocycles. The highest BCUT2D eigenvalue weighted by atomic mass is 79.9. The van der Waals surface area contributed by atoms with Gasteiger partial charge in [-0.1, -0.05) is 0 Å². The number of rotatable bonds is 1. The molecule has 2 rings (SSSR count). The summed E-state index contributed by atoms with van der Waals surface area (Å²) < 4.78 is 1.10. The summed E-state index contributed by atoms with van der Waals surface area (Å²) in [6, 6.07) is 3.36. The summed E-state index contributed by atoms with van der Waals surface area (Å²) in [6.07, 6.45) is 7.68. The van der Waals surface area contributed by atoms with Crippen LogP contribution in [0.2, 0.25) is 0 Å². The van der Waals surface area contributed by atoms with Crippen molar-refractivity contribution in [1.82, 2.24) is 4.98 Å². The summed E-state index contributed by atoms with van der Waals surface area (Å²) in [4.78, 5) is 6.63. The molecule has 2 heterocycles. The van der Waals surface area contributed by atoms with Gasteiger partial charge in [0.15, 0.2) is 0 Å².